The molecule has 0 unspecified atom stereocenters. The number of aliphatic imine (C=N–C) groups is 1. The van der Waals surface area contributed by atoms with Crippen LogP contribution in [0.5, 0.6) is 0 Å². The van der Waals surface area contributed by atoms with Crippen molar-refractivity contribution in [3.8, 4) is 28.6 Å². The molecule has 0 aliphatic carbocycles. The van der Waals surface area contributed by atoms with Gasteiger partial charge in [0, 0.05) is 24.2 Å². The third kappa shape index (κ3) is 4.12. The van der Waals surface area contributed by atoms with E-state index in [4.69, 9.17) is 11.6 Å². The van der Waals surface area contributed by atoms with Crippen molar-refractivity contribution in [2.24, 2.45) is 21.2 Å². The summed E-state index contributed by atoms with van der Waals surface area (Å²) in [7, 11) is 0. The van der Waals surface area contributed by atoms with Gasteiger partial charge in [-0.3, -0.25) is 0 Å². The third-order valence-electron chi connectivity index (χ3n) is 4.88. The Kier molecular flexibility index (Phi) is 5.54. The maximum atomic E-state index is 9.35. The van der Waals surface area contributed by atoms with Gasteiger partial charge in [-0.1, -0.05) is 22.5 Å². The van der Waals surface area contributed by atoms with Crippen LogP contribution in [-0.4, -0.2) is 45.3 Å². The number of benzene rings is 1. The van der Waals surface area contributed by atoms with E-state index in [0.717, 1.165) is 0 Å². The second kappa shape index (κ2) is 9.11. The average molecular weight is 464 g/mol. The molecular weight excluding hydrogens is 448 g/mol. The highest BCUT2D eigenvalue weighted by Gasteiger charge is 2.21. The van der Waals surface area contributed by atoms with Crippen LogP contribution in [0.15, 0.2) is 76.6 Å². The standard InChI is InChI=1S/C21H16N14/c22-10-13-3-1-4-14(9-13)18-17(15-5-7-25-12-27-15)19-29-16(32-35(19)20(23)30-18)11-26-21(31-33-24)34-8-2-6-28-34/h1-9,12H,11H2,(H2,23,30)(H2,24,26,31). The molecule has 0 saturated carbocycles. The Bertz CT molecular complexity index is 1590. The van der Waals surface area contributed by atoms with E-state index in [9.17, 15) is 5.26 Å². The molecule has 4 heterocycles. The molecule has 0 bridgehead atoms. The first kappa shape index (κ1) is 21.3. The van der Waals surface area contributed by atoms with Gasteiger partial charge in [-0.15, -0.1) is 5.10 Å². The molecule has 4 N–H and O–H groups in total. The molecule has 14 nitrogen and oxygen atoms in total. The van der Waals surface area contributed by atoms with Gasteiger partial charge in [0.1, 0.15) is 12.9 Å². The molecule has 5 aromatic rings. The van der Waals surface area contributed by atoms with Crippen molar-refractivity contribution in [1.29, 1.82) is 5.26 Å². The van der Waals surface area contributed by atoms with Crippen LogP contribution in [0.4, 0.5) is 5.95 Å². The molecule has 14 heteroatoms. The fourth-order valence-electron chi connectivity index (χ4n) is 3.42. The molecule has 0 radical (unpaired) electrons. The summed E-state index contributed by atoms with van der Waals surface area (Å²) >= 11 is 0. The number of nitrogens with zero attached hydrogens (tertiary/aromatic N) is 12. The zero-order valence-electron chi connectivity index (χ0n) is 18.0. The summed E-state index contributed by atoms with van der Waals surface area (Å²) in [5.74, 6) is 5.81. The van der Waals surface area contributed by atoms with Gasteiger partial charge in [-0.2, -0.15) is 14.9 Å². The summed E-state index contributed by atoms with van der Waals surface area (Å²) in [5.41, 5.74) is 9.47. The first-order valence-electron chi connectivity index (χ1n) is 10.2. The van der Waals surface area contributed by atoms with Crippen LogP contribution in [0.2, 0.25) is 0 Å². The smallest absolute Gasteiger partial charge is 0.267 e. The number of hydrogen-bond donors (Lipinski definition) is 2. The van der Waals surface area contributed by atoms with Crippen molar-refractivity contribution in [3.63, 3.8) is 0 Å². The van der Waals surface area contributed by atoms with Crippen molar-refractivity contribution in [2.75, 3.05) is 5.73 Å². The fourth-order valence-corrected chi connectivity index (χ4v) is 3.42. The van der Waals surface area contributed by atoms with E-state index in [2.05, 4.69) is 51.5 Å². The third-order valence-corrected chi connectivity index (χ3v) is 4.88. The number of rotatable bonds is 4. The molecule has 0 spiro atoms. The van der Waals surface area contributed by atoms with Crippen LogP contribution in [-0.2, 0) is 6.54 Å². The fraction of sp³-hybridized carbons (Fsp3) is 0.0476. The SMILES string of the molecule is N#Cc1cccc(-c2nc(N)n3nc(CN=C(/N=N\N)n4cccn4)nc3c2-c2ccncn2)c1. The van der Waals surface area contributed by atoms with Crippen molar-refractivity contribution >= 4 is 17.6 Å². The molecule has 1 aromatic carbocycles. The van der Waals surface area contributed by atoms with Gasteiger partial charge >= 0.3 is 0 Å². The van der Waals surface area contributed by atoms with Gasteiger partial charge in [-0.05, 0) is 24.3 Å². The maximum Gasteiger partial charge on any atom is 0.267 e. The number of fused-ring (bicyclic) bond motifs is 1. The Morgan fingerprint density at radius 3 is 2.80 bits per heavy atom. The van der Waals surface area contributed by atoms with Crippen LogP contribution < -0.4 is 11.6 Å². The van der Waals surface area contributed by atoms with Crippen LogP contribution in [0.3, 0.4) is 0 Å². The number of nitrogens with two attached hydrogens (primary N) is 2. The normalized spacial score (nSPS) is 11.8. The first-order valence-corrected chi connectivity index (χ1v) is 10.2. The Hall–Kier alpha value is -5.58. The monoisotopic (exact) mass is 464 g/mol. The highest BCUT2D eigenvalue weighted by atomic mass is 15.4. The Labute approximate surface area is 197 Å². The molecule has 4 aromatic heterocycles. The molecular formula is C21H16N14. The lowest BCUT2D eigenvalue weighted by Crippen LogP contribution is -2.10. The maximum absolute atomic E-state index is 9.35. The van der Waals surface area contributed by atoms with E-state index in [1.807, 2.05) is 6.07 Å². The van der Waals surface area contributed by atoms with Crippen molar-refractivity contribution < 1.29 is 0 Å². The minimum absolute atomic E-state index is 0.0395. The Balaban J connectivity index is 1.68. The molecule has 0 aliphatic rings. The summed E-state index contributed by atoms with van der Waals surface area (Å²) in [5, 5.41) is 25.0. The molecule has 0 atom stereocenters. The molecule has 0 fully saturated rings. The number of nitriles is 1. The van der Waals surface area contributed by atoms with E-state index < -0.39 is 0 Å². The second-order valence-corrected chi connectivity index (χ2v) is 7.03. The minimum Gasteiger partial charge on any atom is -0.368 e. The zero-order valence-corrected chi connectivity index (χ0v) is 18.0. The van der Waals surface area contributed by atoms with E-state index in [1.165, 1.54) is 15.5 Å². The largest absolute Gasteiger partial charge is 0.368 e. The van der Waals surface area contributed by atoms with E-state index >= 15 is 0 Å². The first-order chi connectivity index (χ1) is 17.2. The summed E-state index contributed by atoms with van der Waals surface area (Å²) in [4.78, 5) is 22.0. The average Bonchev–Trinajstić information content (AvgIpc) is 3.58. The van der Waals surface area contributed by atoms with Gasteiger partial charge in [0.25, 0.3) is 5.96 Å². The molecule has 5 rings (SSSR count). The quantitative estimate of drug-likeness (QED) is 0.130. The molecule has 0 amide bonds. The number of hydrogen-bond acceptors (Lipinski definition) is 10. The van der Waals surface area contributed by atoms with Gasteiger partial charge in [-0.25, -0.2) is 29.6 Å². The van der Waals surface area contributed by atoms with Crippen molar-refractivity contribution in [2.45, 2.75) is 6.54 Å². The highest BCUT2D eigenvalue weighted by molar-refractivity contribution is 5.89. The highest BCUT2D eigenvalue weighted by Crippen LogP contribution is 2.33. The summed E-state index contributed by atoms with van der Waals surface area (Å²) in [6.07, 6.45) is 6.27. The number of anilines is 1. The summed E-state index contributed by atoms with van der Waals surface area (Å²) in [6.45, 7) is 0.0395. The van der Waals surface area contributed by atoms with Crippen LogP contribution in [0.25, 0.3) is 28.2 Å². The van der Waals surface area contributed by atoms with E-state index in [0.29, 0.717) is 39.5 Å². The zero-order chi connectivity index (χ0) is 24.2. The molecule has 0 aliphatic heterocycles. The number of aromatic nitrogens is 8. The molecule has 170 valence electrons. The predicted octanol–water partition coefficient (Wildman–Crippen LogP) is 1.63. The van der Waals surface area contributed by atoms with Crippen LogP contribution in [0.1, 0.15) is 11.4 Å². The lowest BCUT2D eigenvalue weighted by atomic mass is 10.0. The van der Waals surface area contributed by atoms with Gasteiger partial charge in [0.2, 0.25) is 5.95 Å². The second-order valence-electron chi connectivity index (χ2n) is 7.03. The topological polar surface area (TPSA) is 200 Å². The Morgan fingerprint density at radius 2 is 2.06 bits per heavy atom. The summed E-state index contributed by atoms with van der Waals surface area (Å²) < 4.78 is 2.83. The number of nitrogen functional groups attached to an aromatic ring is 1. The lowest BCUT2D eigenvalue weighted by molar-refractivity contribution is 0.835. The predicted molar refractivity (Wildman–Crippen MR) is 124 cm³/mol. The molecule has 0 saturated heterocycles. The van der Waals surface area contributed by atoms with E-state index in [1.54, 1.807) is 48.9 Å². The van der Waals surface area contributed by atoms with E-state index in [-0.39, 0.29) is 18.5 Å². The minimum atomic E-state index is 0.0395. The van der Waals surface area contributed by atoms with Gasteiger partial charge < -0.3 is 11.6 Å². The molecule has 35 heavy (non-hydrogen) atoms. The van der Waals surface area contributed by atoms with Crippen LogP contribution >= 0.6 is 0 Å². The lowest BCUT2D eigenvalue weighted by Gasteiger charge is -2.11. The Morgan fingerprint density at radius 1 is 1.14 bits per heavy atom. The van der Waals surface area contributed by atoms with Crippen molar-refractivity contribution in [1.82, 2.24) is 39.3 Å². The van der Waals surface area contributed by atoms with Crippen LogP contribution in [0, 0.1) is 11.3 Å². The van der Waals surface area contributed by atoms with Crippen molar-refractivity contribution in [3.05, 3.63) is 72.7 Å². The van der Waals surface area contributed by atoms with Gasteiger partial charge in [0.05, 0.1) is 28.6 Å². The van der Waals surface area contributed by atoms with Gasteiger partial charge in [0.15, 0.2) is 11.5 Å². The summed E-state index contributed by atoms with van der Waals surface area (Å²) in [6, 6.07) is 12.6.